The van der Waals surface area contributed by atoms with Crippen molar-refractivity contribution in [2.24, 2.45) is 5.73 Å². The predicted octanol–water partition coefficient (Wildman–Crippen LogP) is 2.54. The van der Waals surface area contributed by atoms with E-state index in [1.165, 1.54) is 12.1 Å². The zero-order valence-corrected chi connectivity index (χ0v) is 17.5. The number of hydrogen-bond donors (Lipinski definition) is 2. The van der Waals surface area contributed by atoms with Crippen molar-refractivity contribution < 1.29 is 27.9 Å². The van der Waals surface area contributed by atoms with E-state index in [1.807, 2.05) is 4.90 Å². The molecule has 3 N–H and O–H groups in total. The Morgan fingerprint density at radius 3 is 2.00 bits per heavy atom. The SMILES string of the molecule is CC(O)(c1ccc(C(=O)N(C2CC2)C2CCN(C3(C(N)=O)CC3)CC2)cc1)C(F)(F)F. The molecule has 1 aliphatic heterocycles. The van der Waals surface area contributed by atoms with Gasteiger partial charge in [-0.3, -0.25) is 14.5 Å². The van der Waals surface area contributed by atoms with Crippen LogP contribution in [-0.4, -0.2) is 63.6 Å². The monoisotopic (exact) mass is 439 g/mol. The van der Waals surface area contributed by atoms with Crippen molar-refractivity contribution in [1.29, 1.82) is 0 Å². The van der Waals surface area contributed by atoms with Gasteiger partial charge in [-0.05, 0) is 63.1 Å². The van der Waals surface area contributed by atoms with Crippen LogP contribution in [0, 0.1) is 0 Å². The van der Waals surface area contributed by atoms with Crippen molar-refractivity contribution in [3.8, 4) is 0 Å². The number of aliphatic hydroxyl groups is 1. The number of likely N-dealkylation sites (tertiary alicyclic amines) is 1. The van der Waals surface area contributed by atoms with Crippen LogP contribution in [0.5, 0.6) is 0 Å². The lowest BCUT2D eigenvalue weighted by Crippen LogP contribution is -2.54. The Hall–Kier alpha value is -2.13. The molecule has 0 spiro atoms. The van der Waals surface area contributed by atoms with Gasteiger partial charge in [-0.15, -0.1) is 0 Å². The lowest BCUT2D eigenvalue weighted by molar-refractivity contribution is -0.258. The highest BCUT2D eigenvalue weighted by molar-refractivity contribution is 5.95. The largest absolute Gasteiger partial charge is 0.421 e. The summed E-state index contributed by atoms with van der Waals surface area (Å²) in [5.74, 6) is -0.480. The van der Waals surface area contributed by atoms with Crippen LogP contribution >= 0.6 is 0 Å². The molecule has 1 atom stereocenters. The molecule has 0 bridgehead atoms. The molecular formula is C22H28F3N3O3. The summed E-state index contributed by atoms with van der Waals surface area (Å²) in [6.07, 6.45) is 0.0569. The molecule has 1 aromatic rings. The number of amides is 2. The summed E-state index contributed by atoms with van der Waals surface area (Å²) in [4.78, 5) is 29.0. The van der Waals surface area contributed by atoms with E-state index in [-0.39, 0.29) is 29.5 Å². The van der Waals surface area contributed by atoms with Crippen LogP contribution in [0.4, 0.5) is 13.2 Å². The Morgan fingerprint density at radius 1 is 1.06 bits per heavy atom. The lowest BCUT2D eigenvalue weighted by Gasteiger charge is -2.41. The van der Waals surface area contributed by atoms with Crippen molar-refractivity contribution in [3.05, 3.63) is 35.4 Å². The van der Waals surface area contributed by atoms with Gasteiger partial charge in [0.15, 0.2) is 5.60 Å². The second-order valence-corrected chi connectivity index (χ2v) is 9.20. The average molecular weight is 439 g/mol. The summed E-state index contributed by atoms with van der Waals surface area (Å²) in [5.41, 5.74) is 2.10. The van der Waals surface area contributed by atoms with Gasteiger partial charge in [0.05, 0.1) is 0 Å². The molecule has 31 heavy (non-hydrogen) atoms. The van der Waals surface area contributed by atoms with Crippen molar-refractivity contribution in [1.82, 2.24) is 9.80 Å². The van der Waals surface area contributed by atoms with Crippen LogP contribution in [0.15, 0.2) is 24.3 Å². The van der Waals surface area contributed by atoms with Gasteiger partial charge in [-0.25, -0.2) is 0 Å². The highest BCUT2D eigenvalue weighted by atomic mass is 19.4. The number of alkyl halides is 3. The quantitative estimate of drug-likeness (QED) is 0.713. The number of carbonyl (C=O) groups excluding carboxylic acids is 2. The van der Waals surface area contributed by atoms with Gasteiger partial charge >= 0.3 is 6.18 Å². The van der Waals surface area contributed by atoms with Crippen molar-refractivity contribution in [2.45, 2.75) is 74.8 Å². The summed E-state index contributed by atoms with van der Waals surface area (Å²) in [6.45, 7) is 2.09. The maximum absolute atomic E-state index is 13.2. The van der Waals surface area contributed by atoms with Gasteiger partial charge in [-0.1, -0.05) is 12.1 Å². The number of carbonyl (C=O) groups is 2. The van der Waals surface area contributed by atoms with Gasteiger partial charge in [0.1, 0.15) is 5.54 Å². The number of benzene rings is 1. The molecule has 6 nitrogen and oxygen atoms in total. The third kappa shape index (κ3) is 3.93. The van der Waals surface area contributed by atoms with Gasteiger partial charge in [0, 0.05) is 30.7 Å². The second-order valence-electron chi connectivity index (χ2n) is 9.20. The molecule has 3 fully saturated rings. The van der Waals surface area contributed by atoms with Gasteiger partial charge in [0.2, 0.25) is 5.91 Å². The van der Waals surface area contributed by atoms with Crippen LogP contribution in [0.3, 0.4) is 0 Å². The molecule has 2 saturated carbocycles. The molecule has 170 valence electrons. The number of nitrogens with zero attached hydrogens (tertiary/aromatic N) is 2. The number of piperidine rings is 1. The van der Waals surface area contributed by atoms with E-state index in [0.29, 0.717) is 25.6 Å². The zero-order valence-electron chi connectivity index (χ0n) is 17.5. The molecule has 9 heteroatoms. The number of rotatable bonds is 6. The molecule has 0 aromatic heterocycles. The van der Waals surface area contributed by atoms with E-state index in [1.54, 1.807) is 0 Å². The maximum atomic E-state index is 13.2. The first-order valence-corrected chi connectivity index (χ1v) is 10.7. The van der Waals surface area contributed by atoms with Crippen molar-refractivity contribution in [3.63, 3.8) is 0 Å². The standard InChI is InChI=1S/C22H28F3N3O3/c1-20(31,22(23,24)25)15-4-2-14(3-5-15)18(29)28(16-6-7-16)17-8-12-27(13-9-17)21(10-11-21)19(26)30/h2-5,16-17,31H,6-13H2,1H3,(H2,26,30). The lowest BCUT2D eigenvalue weighted by atomic mass is 9.94. The van der Waals surface area contributed by atoms with E-state index >= 15 is 0 Å². The first kappa shape index (κ1) is 22.1. The smallest absolute Gasteiger partial charge is 0.376 e. The average Bonchev–Trinajstić information content (AvgIpc) is 3.61. The number of hydrogen-bond acceptors (Lipinski definition) is 4. The minimum atomic E-state index is -4.81. The molecule has 1 heterocycles. The predicted molar refractivity (Wildman–Crippen MR) is 107 cm³/mol. The van der Waals surface area contributed by atoms with Gasteiger partial charge in [-0.2, -0.15) is 13.2 Å². The topological polar surface area (TPSA) is 86.9 Å². The van der Waals surface area contributed by atoms with E-state index < -0.39 is 17.3 Å². The number of halogens is 3. The Morgan fingerprint density at radius 2 is 1.58 bits per heavy atom. The van der Waals surface area contributed by atoms with Crippen LogP contribution in [-0.2, 0) is 10.4 Å². The van der Waals surface area contributed by atoms with Crippen LogP contribution in [0.2, 0.25) is 0 Å². The molecule has 2 amide bonds. The molecular weight excluding hydrogens is 411 g/mol. The van der Waals surface area contributed by atoms with Crippen LogP contribution in [0.1, 0.15) is 61.4 Å². The minimum Gasteiger partial charge on any atom is -0.376 e. The van der Waals surface area contributed by atoms with Crippen LogP contribution in [0.25, 0.3) is 0 Å². The molecule has 0 radical (unpaired) electrons. The molecule has 1 saturated heterocycles. The molecule has 3 aliphatic rings. The Labute approximate surface area is 179 Å². The fourth-order valence-electron chi connectivity index (χ4n) is 4.64. The fourth-order valence-corrected chi connectivity index (χ4v) is 4.64. The van der Waals surface area contributed by atoms with Gasteiger partial charge < -0.3 is 15.7 Å². The molecule has 4 rings (SSSR count). The van der Waals surface area contributed by atoms with Crippen molar-refractivity contribution in [2.75, 3.05) is 13.1 Å². The van der Waals surface area contributed by atoms with E-state index in [0.717, 1.165) is 50.7 Å². The first-order valence-electron chi connectivity index (χ1n) is 10.7. The maximum Gasteiger partial charge on any atom is 0.421 e. The summed E-state index contributed by atoms with van der Waals surface area (Å²) in [7, 11) is 0. The van der Waals surface area contributed by atoms with E-state index in [2.05, 4.69) is 4.90 Å². The summed E-state index contributed by atoms with van der Waals surface area (Å²) >= 11 is 0. The zero-order chi connectivity index (χ0) is 22.6. The van der Waals surface area contributed by atoms with Crippen molar-refractivity contribution >= 4 is 11.8 Å². The Bertz CT molecular complexity index is 853. The summed E-state index contributed by atoms with van der Waals surface area (Å²) < 4.78 is 39.2. The third-order valence-electron chi connectivity index (χ3n) is 7.07. The van der Waals surface area contributed by atoms with E-state index in [4.69, 9.17) is 5.73 Å². The molecule has 2 aliphatic carbocycles. The minimum absolute atomic E-state index is 0.0258. The van der Waals surface area contributed by atoms with E-state index in [9.17, 15) is 27.9 Å². The highest BCUT2D eigenvalue weighted by Crippen LogP contribution is 2.44. The molecule has 1 unspecified atom stereocenters. The second kappa shape index (κ2) is 7.48. The normalized spacial score (nSPS) is 23.8. The number of primary amides is 1. The summed E-state index contributed by atoms with van der Waals surface area (Å²) in [5, 5.41) is 9.84. The third-order valence-corrected chi connectivity index (χ3v) is 7.07. The molecule has 1 aromatic carbocycles. The van der Waals surface area contributed by atoms with Crippen LogP contribution < -0.4 is 5.73 Å². The first-order chi connectivity index (χ1) is 14.5. The Balaban J connectivity index is 1.46. The van der Waals surface area contributed by atoms with Gasteiger partial charge in [0.25, 0.3) is 5.91 Å². The Kier molecular flexibility index (Phi) is 5.33. The summed E-state index contributed by atoms with van der Waals surface area (Å²) in [6, 6.07) is 5.21. The number of nitrogens with two attached hydrogens (primary N) is 1. The fraction of sp³-hybridized carbons (Fsp3) is 0.636. The highest BCUT2D eigenvalue weighted by Gasteiger charge is 2.54.